The third-order valence-corrected chi connectivity index (χ3v) is 4.10. The van der Waals surface area contributed by atoms with E-state index in [0.29, 0.717) is 18.0 Å². The van der Waals surface area contributed by atoms with E-state index in [1.165, 1.54) is 11.3 Å². The molecule has 0 radical (unpaired) electrons. The van der Waals surface area contributed by atoms with E-state index in [0.717, 1.165) is 5.69 Å². The normalized spacial score (nSPS) is 11.8. The van der Waals surface area contributed by atoms with Gasteiger partial charge in [-0.25, -0.2) is 4.98 Å². The van der Waals surface area contributed by atoms with Crippen molar-refractivity contribution in [3.63, 3.8) is 0 Å². The lowest BCUT2D eigenvalue weighted by Gasteiger charge is -2.16. The van der Waals surface area contributed by atoms with E-state index < -0.39 is 6.04 Å². The third kappa shape index (κ3) is 5.84. The van der Waals surface area contributed by atoms with Crippen molar-refractivity contribution >= 4 is 28.8 Å². The highest BCUT2D eigenvalue weighted by molar-refractivity contribution is 7.07. The highest BCUT2D eigenvalue weighted by Gasteiger charge is 2.18. The summed E-state index contributed by atoms with van der Waals surface area (Å²) in [6.07, 6.45) is 0. The van der Waals surface area contributed by atoms with Crippen molar-refractivity contribution in [2.45, 2.75) is 26.5 Å². The summed E-state index contributed by atoms with van der Waals surface area (Å²) in [6, 6.07) is 6.46. The number of nitrogens with one attached hydrogen (secondary N) is 2. The number of carbonyl (C=O) groups excluding carboxylic acids is 2. The number of ether oxygens (including phenoxy) is 1. The minimum atomic E-state index is -0.637. The lowest BCUT2D eigenvalue weighted by molar-refractivity contribution is -0.125. The molecule has 0 unspecified atom stereocenters. The first-order valence-corrected chi connectivity index (χ1v) is 8.83. The number of nitrogens with two attached hydrogens (primary N) is 1. The number of carbonyl (C=O) groups is 2. The maximum atomic E-state index is 12.1. The number of nitrogens with zero attached hydrogens (tertiary/aromatic N) is 1. The van der Waals surface area contributed by atoms with Crippen LogP contribution in [0.4, 0.5) is 5.69 Å². The van der Waals surface area contributed by atoms with Gasteiger partial charge in [0.05, 0.1) is 29.5 Å². The summed E-state index contributed by atoms with van der Waals surface area (Å²) in [6.45, 7) is 3.86. The van der Waals surface area contributed by atoms with E-state index in [2.05, 4.69) is 15.6 Å². The zero-order chi connectivity index (χ0) is 18.2. The molecule has 0 aliphatic carbocycles. The predicted octanol–water partition coefficient (Wildman–Crippen LogP) is 1.76. The number of thiazole rings is 1. The Kier molecular flexibility index (Phi) is 6.91. The maximum Gasteiger partial charge on any atom is 0.243 e. The van der Waals surface area contributed by atoms with Crippen LogP contribution in [-0.2, 0) is 16.2 Å². The Labute approximate surface area is 150 Å². The van der Waals surface area contributed by atoms with Crippen LogP contribution in [0.1, 0.15) is 19.5 Å². The zero-order valence-electron chi connectivity index (χ0n) is 14.2. The van der Waals surface area contributed by atoms with Crippen LogP contribution in [0.25, 0.3) is 0 Å². The fraction of sp³-hybridized carbons (Fsp3) is 0.353. The predicted molar refractivity (Wildman–Crippen MR) is 97.3 cm³/mol. The van der Waals surface area contributed by atoms with Gasteiger partial charge in [0.15, 0.2) is 0 Å². The van der Waals surface area contributed by atoms with Crippen molar-refractivity contribution in [2.24, 2.45) is 11.7 Å². The summed E-state index contributed by atoms with van der Waals surface area (Å²) in [4.78, 5) is 28.0. The van der Waals surface area contributed by atoms with Gasteiger partial charge in [0.2, 0.25) is 11.8 Å². The van der Waals surface area contributed by atoms with E-state index in [1.54, 1.807) is 23.7 Å². The van der Waals surface area contributed by atoms with Gasteiger partial charge in [0, 0.05) is 5.38 Å². The molecule has 2 rings (SSSR count). The highest BCUT2D eigenvalue weighted by atomic mass is 32.1. The first-order chi connectivity index (χ1) is 12.0. The van der Waals surface area contributed by atoms with Gasteiger partial charge in [0.1, 0.15) is 12.4 Å². The molecule has 25 heavy (non-hydrogen) atoms. The molecule has 2 amide bonds. The number of para-hydroxylation sites is 2. The quantitative estimate of drug-likeness (QED) is 0.663. The fourth-order valence-corrected chi connectivity index (χ4v) is 2.48. The van der Waals surface area contributed by atoms with Gasteiger partial charge >= 0.3 is 0 Å². The number of amides is 2. The van der Waals surface area contributed by atoms with Crippen molar-refractivity contribution in [1.82, 2.24) is 10.3 Å². The average Bonchev–Trinajstić information content (AvgIpc) is 3.11. The molecule has 7 nitrogen and oxygen atoms in total. The van der Waals surface area contributed by atoms with Crippen LogP contribution >= 0.6 is 11.3 Å². The van der Waals surface area contributed by atoms with Crippen molar-refractivity contribution in [1.29, 1.82) is 0 Å². The highest BCUT2D eigenvalue weighted by Crippen LogP contribution is 2.24. The third-order valence-electron chi connectivity index (χ3n) is 3.46. The second-order valence-corrected chi connectivity index (χ2v) is 6.52. The molecule has 1 aromatic carbocycles. The van der Waals surface area contributed by atoms with Gasteiger partial charge in [0.25, 0.3) is 0 Å². The topological polar surface area (TPSA) is 106 Å². The molecule has 134 valence electrons. The van der Waals surface area contributed by atoms with Crippen molar-refractivity contribution in [3.05, 3.63) is 40.8 Å². The minimum absolute atomic E-state index is 0.00269. The Bertz CT molecular complexity index is 704. The Morgan fingerprint density at radius 2 is 2.08 bits per heavy atom. The van der Waals surface area contributed by atoms with Crippen LogP contribution in [0.5, 0.6) is 5.75 Å². The second-order valence-electron chi connectivity index (χ2n) is 5.80. The molecule has 4 N–H and O–H groups in total. The first kappa shape index (κ1) is 18.9. The molecule has 2 aromatic rings. The fourth-order valence-electron chi connectivity index (χ4n) is 1.94. The summed E-state index contributed by atoms with van der Waals surface area (Å²) in [5, 5.41) is 7.16. The van der Waals surface area contributed by atoms with Crippen molar-refractivity contribution < 1.29 is 14.3 Å². The molecule has 0 aliphatic heterocycles. The Hall–Kier alpha value is -2.45. The molecule has 1 heterocycles. The van der Waals surface area contributed by atoms with Crippen LogP contribution < -0.4 is 21.1 Å². The van der Waals surface area contributed by atoms with Gasteiger partial charge in [-0.05, 0) is 18.1 Å². The zero-order valence-corrected chi connectivity index (χ0v) is 15.0. The van der Waals surface area contributed by atoms with Crippen molar-refractivity contribution in [3.8, 4) is 5.75 Å². The Morgan fingerprint density at radius 1 is 1.32 bits per heavy atom. The van der Waals surface area contributed by atoms with E-state index in [1.807, 2.05) is 25.3 Å². The van der Waals surface area contributed by atoms with Crippen LogP contribution in [-0.4, -0.2) is 29.4 Å². The van der Waals surface area contributed by atoms with Crippen LogP contribution in [0, 0.1) is 5.92 Å². The van der Waals surface area contributed by atoms with Gasteiger partial charge in [-0.3, -0.25) is 9.59 Å². The number of hydrogen-bond donors (Lipinski definition) is 3. The van der Waals surface area contributed by atoms with Gasteiger partial charge in [-0.2, -0.15) is 0 Å². The summed E-state index contributed by atoms with van der Waals surface area (Å²) in [7, 11) is 0. The molecular formula is C17H22N4O3S. The number of rotatable bonds is 8. The number of benzene rings is 1. The van der Waals surface area contributed by atoms with E-state index in [4.69, 9.17) is 10.5 Å². The molecule has 0 saturated carbocycles. The number of anilines is 1. The standard InChI is InChI=1S/C17H22N4O3S/c1-11(2)16(18)17(23)19-7-15(22)21-13-5-3-4-6-14(13)24-8-12-9-25-10-20-12/h3-6,9-11,16H,7-8,18H2,1-2H3,(H,19,23)(H,21,22)/t16-/m0/s1. The monoisotopic (exact) mass is 362 g/mol. The lowest BCUT2D eigenvalue weighted by atomic mass is 10.1. The Balaban J connectivity index is 1.89. The molecule has 0 spiro atoms. The summed E-state index contributed by atoms with van der Waals surface area (Å²) in [5.41, 5.74) is 8.83. The minimum Gasteiger partial charge on any atom is -0.485 e. The maximum absolute atomic E-state index is 12.1. The van der Waals surface area contributed by atoms with Gasteiger partial charge < -0.3 is 21.1 Å². The summed E-state index contributed by atoms with van der Waals surface area (Å²) < 4.78 is 5.70. The molecule has 1 atom stereocenters. The lowest BCUT2D eigenvalue weighted by Crippen LogP contribution is -2.46. The van der Waals surface area contributed by atoms with Gasteiger partial charge in [-0.15, -0.1) is 11.3 Å². The molecule has 0 bridgehead atoms. The molecule has 0 saturated heterocycles. The first-order valence-electron chi connectivity index (χ1n) is 7.89. The molecule has 0 fully saturated rings. The SMILES string of the molecule is CC(C)[C@H](N)C(=O)NCC(=O)Nc1ccccc1OCc1cscn1. The van der Waals surface area contributed by atoms with E-state index >= 15 is 0 Å². The largest absolute Gasteiger partial charge is 0.485 e. The van der Waals surface area contributed by atoms with Gasteiger partial charge in [-0.1, -0.05) is 26.0 Å². The molecule has 1 aromatic heterocycles. The van der Waals surface area contributed by atoms with Crippen molar-refractivity contribution in [2.75, 3.05) is 11.9 Å². The molecule has 8 heteroatoms. The van der Waals surface area contributed by atoms with E-state index in [-0.39, 0.29) is 24.3 Å². The number of hydrogen-bond acceptors (Lipinski definition) is 6. The van der Waals surface area contributed by atoms with E-state index in [9.17, 15) is 9.59 Å². The smallest absolute Gasteiger partial charge is 0.243 e. The van der Waals surface area contributed by atoms with Crippen LogP contribution in [0.2, 0.25) is 0 Å². The summed E-state index contributed by atoms with van der Waals surface area (Å²) in [5.74, 6) is -0.163. The van der Waals surface area contributed by atoms with Crippen LogP contribution in [0.15, 0.2) is 35.2 Å². The van der Waals surface area contributed by atoms with Crippen LogP contribution in [0.3, 0.4) is 0 Å². The summed E-state index contributed by atoms with van der Waals surface area (Å²) >= 11 is 1.49. The Morgan fingerprint density at radius 3 is 2.76 bits per heavy atom. The average molecular weight is 362 g/mol. The second kappa shape index (κ2) is 9.14. The number of aromatic nitrogens is 1. The molecular weight excluding hydrogens is 340 g/mol. The molecule has 0 aliphatic rings.